The number of amides is 4. The normalized spacial score (nSPS) is 17.4. The fraction of sp³-hybridized carbons (Fsp3) is 0.526. The second-order valence-corrected chi connectivity index (χ2v) is 21.9. The van der Waals surface area contributed by atoms with Crippen LogP contribution in [0.15, 0.2) is 60.5 Å². The van der Waals surface area contributed by atoms with Gasteiger partial charge in [0, 0.05) is 44.1 Å². The van der Waals surface area contributed by atoms with Crippen LogP contribution in [-0.4, -0.2) is 155 Å². The Hall–Kier alpha value is -7.07. The zero-order valence-electron chi connectivity index (χ0n) is 46.5. The van der Waals surface area contributed by atoms with Crippen LogP contribution in [0.4, 0.5) is 23.3 Å². The fourth-order valence-corrected chi connectivity index (χ4v) is 11.1. The zero-order valence-corrected chi connectivity index (χ0v) is 47.3. The van der Waals surface area contributed by atoms with Crippen molar-refractivity contribution in [2.24, 2.45) is 5.41 Å². The van der Waals surface area contributed by atoms with Crippen LogP contribution in [0.25, 0.3) is 21.0 Å². The number of β-amino-alcohol motifs (C(OH)–C–C–N with tert-alkyl or cyclic N) is 1. The van der Waals surface area contributed by atoms with Gasteiger partial charge in [-0.25, -0.2) is 9.97 Å². The number of nitrogens with one attached hydrogen (secondary N) is 4. The van der Waals surface area contributed by atoms with E-state index in [2.05, 4.69) is 52.9 Å². The Balaban J connectivity index is 0.674. The van der Waals surface area contributed by atoms with E-state index in [9.17, 15) is 24.3 Å². The van der Waals surface area contributed by atoms with E-state index < -0.39 is 29.5 Å². The summed E-state index contributed by atoms with van der Waals surface area (Å²) in [5.74, 6) is 0.555. The molecule has 2 aromatic carbocycles. The number of imidazole rings is 1. The number of hydrogen-bond acceptors (Lipinski definition) is 17. The molecule has 1 saturated heterocycles. The van der Waals surface area contributed by atoms with Gasteiger partial charge in [0.25, 0.3) is 11.7 Å². The molecule has 0 radical (unpaired) electrons. The van der Waals surface area contributed by atoms with Crippen LogP contribution in [0, 0.1) is 18.9 Å². The van der Waals surface area contributed by atoms with Gasteiger partial charge in [0.1, 0.15) is 23.5 Å². The van der Waals surface area contributed by atoms with Crippen molar-refractivity contribution in [2.75, 3.05) is 83.3 Å². The summed E-state index contributed by atoms with van der Waals surface area (Å²) in [5, 5.41) is 22.5. The molecule has 4 atom stereocenters. The van der Waals surface area contributed by atoms with Gasteiger partial charge in [-0.3, -0.25) is 23.7 Å². The number of aromatic nitrogens is 5. The number of carbonyl (C=O) groups excluding carboxylic acids is 4. The predicted molar refractivity (Wildman–Crippen MR) is 301 cm³/mol. The summed E-state index contributed by atoms with van der Waals surface area (Å²) in [5.41, 5.74) is 6.69. The van der Waals surface area contributed by atoms with Crippen LogP contribution in [0.5, 0.6) is 5.75 Å². The highest BCUT2D eigenvalue weighted by Gasteiger charge is 2.45. The molecule has 3 aliphatic rings. The second-order valence-electron chi connectivity index (χ2n) is 21.0. The molecule has 8 rings (SSSR count). The molecule has 0 bridgehead atoms. The number of hydrogen-bond donors (Lipinski definition) is 5. The molecule has 80 heavy (non-hydrogen) atoms. The van der Waals surface area contributed by atoms with Crippen molar-refractivity contribution in [3.8, 4) is 21.9 Å². The van der Waals surface area contributed by atoms with Crippen LogP contribution >= 0.6 is 11.3 Å². The maximum absolute atomic E-state index is 14.0. The average molecular weight is 1120 g/mol. The SMILES string of the molecule is [C-]#[N+]c1ncn2c1[C@@H](CC)N(C1CCCC1)c1nc(Nc3ccc(C(=O)NCCOCCOCCOCCOCCC(=O)N[C@H](C(=O)N4C[C@H](O)C[C@H]4C(=O)NCc4ccc(-c5scnc5C)cc4)C(C)(C)C)cc3OC)ncc1-2. The highest BCUT2D eigenvalue weighted by molar-refractivity contribution is 7.13. The number of benzene rings is 2. The van der Waals surface area contributed by atoms with E-state index in [0.717, 1.165) is 71.0 Å². The number of carbonyl (C=O) groups is 4. The molecule has 2 fully saturated rings. The third-order valence-electron chi connectivity index (χ3n) is 14.4. The average Bonchev–Trinajstić information content (AvgIpc) is 4.46. The van der Waals surface area contributed by atoms with Crippen molar-refractivity contribution < 1.29 is 48.0 Å². The van der Waals surface area contributed by atoms with Gasteiger partial charge in [0.05, 0.1) is 106 Å². The van der Waals surface area contributed by atoms with Gasteiger partial charge in [0.15, 0.2) is 12.1 Å². The van der Waals surface area contributed by atoms with Crippen LogP contribution in [-0.2, 0) is 39.9 Å². The van der Waals surface area contributed by atoms with Crippen molar-refractivity contribution >= 4 is 58.2 Å². The molecular formula is C57H74N12O10S. The lowest BCUT2D eigenvalue weighted by atomic mass is 9.85. The molecule has 4 amide bonds. The van der Waals surface area contributed by atoms with Crippen LogP contribution in [0.3, 0.4) is 0 Å². The minimum Gasteiger partial charge on any atom is -0.495 e. The Morgan fingerprint density at radius 1 is 0.912 bits per heavy atom. The van der Waals surface area contributed by atoms with Crippen molar-refractivity contribution in [1.82, 2.24) is 45.4 Å². The van der Waals surface area contributed by atoms with Gasteiger partial charge in [-0.15, -0.1) is 16.3 Å². The first-order chi connectivity index (χ1) is 38.7. The van der Waals surface area contributed by atoms with Crippen LogP contribution < -0.4 is 30.9 Å². The van der Waals surface area contributed by atoms with E-state index in [1.807, 2.05) is 62.0 Å². The van der Waals surface area contributed by atoms with E-state index in [0.29, 0.717) is 61.2 Å². The zero-order chi connectivity index (χ0) is 56.8. The molecule has 23 heteroatoms. The van der Waals surface area contributed by atoms with E-state index in [1.165, 1.54) is 12.0 Å². The molecule has 5 N–H and O–H groups in total. The van der Waals surface area contributed by atoms with Gasteiger partial charge in [-0.05, 0) is 60.9 Å². The molecule has 5 heterocycles. The summed E-state index contributed by atoms with van der Waals surface area (Å²) < 4.78 is 30.1. The summed E-state index contributed by atoms with van der Waals surface area (Å²) in [7, 11) is 1.54. The Kier molecular flexibility index (Phi) is 20.6. The summed E-state index contributed by atoms with van der Waals surface area (Å²) >= 11 is 1.57. The highest BCUT2D eigenvalue weighted by atomic mass is 32.1. The number of nitrogens with zero attached hydrogens (tertiary/aromatic N) is 8. The summed E-state index contributed by atoms with van der Waals surface area (Å²) in [4.78, 5) is 80.5. The van der Waals surface area contributed by atoms with Crippen molar-refractivity contribution in [2.45, 2.75) is 116 Å². The third kappa shape index (κ3) is 14.6. The topological polar surface area (TPSA) is 250 Å². The fourth-order valence-electron chi connectivity index (χ4n) is 10.3. The smallest absolute Gasteiger partial charge is 0.293 e. The molecule has 1 saturated carbocycles. The Morgan fingerprint density at radius 3 is 2.26 bits per heavy atom. The summed E-state index contributed by atoms with van der Waals surface area (Å²) in [6, 6.07) is 11.4. The Morgan fingerprint density at radius 2 is 1.61 bits per heavy atom. The number of methoxy groups -OCH3 is 1. The molecule has 22 nitrogen and oxygen atoms in total. The lowest BCUT2D eigenvalue weighted by Gasteiger charge is -2.42. The maximum Gasteiger partial charge on any atom is 0.293 e. The number of anilines is 3. The van der Waals surface area contributed by atoms with Crippen molar-refractivity contribution in [3.05, 3.63) is 94.4 Å². The Labute approximate surface area is 471 Å². The molecule has 0 unspecified atom stereocenters. The number of aryl methyl sites for hydroxylation is 1. The van der Waals surface area contributed by atoms with E-state index in [-0.39, 0.29) is 82.7 Å². The van der Waals surface area contributed by atoms with Gasteiger partial charge in [-0.1, -0.05) is 71.4 Å². The van der Waals surface area contributed by atoms with Gasteiger partial charge >= 0.3 is 0 Å². The number of likely N-dealkylation sites (tertiary alicyclic amines) is 1. The number of fused-ring (bicyclic) bond motifs is 3. The Bertz CT molecular complexity index is 2950. The van der Waals surface area contributed by atoms with Gasteiger partial charge in [0.2, 0.25) is 23.7 Å². The number of thiazole rings is 1. The number of aliphatic hydroxyl groups is 1. The minimum absolute atomic E-state index is 0.0100. The molecule has 5 aromatic rings. The monoisotopic (exact) mass is 1120 g/mol. The highest BCUT2D eigenvalue weighted by Crippen LogP contribution is 2.46. The molecular weight excluding hydrogens is 1040 g/mol. The second kappa shape index (κ2) is 27.9. The first-order valence-corrected chi connectivity index (χ1v) is 28.3. The van der Waals surface area contributed by atoms with Crippen LogP contribution in [0.1, 0.15) is 106 Å². The quantitative estimate of drug-likeness (QED) is 0.0274. The molecule has 0 spiro atoms. The van der Waals surface area contributed by atoms with Gasteiger partial charge < -0.3 is 64.7 Å². The number of aliphatic hydroxyl groups excluding tert-OH is 1. The van der Waals surface area contributed by atoms with E-state index >= 15 is 0 Å². The van der Waals surface area contributed by atoms with Gasteiger partial charge in [-0.2, -0.15) is 4.98 Å². The molecule has 1 aliphatic carbocycles. The van der Waals surface area contributed by atoms with Crippen molar-refractivity contribution in [3.63, 3.8) is 0 Å². The van der Waals surface area contributed by atoms with E-state index in [4.69, 9.17) is 35.2 Å². The summed E-state index contributed by atoms with van der Waals surface area (Å²) in [6.45, 7) is 20.1. The molecule has 428 valence electrons. The number of ether oxygens (including phenoxy) is 5. The first-order valence-electron chi connectivity index (χ1n) is 27.4. The molecule has 3 aromatic heterocycles. The van der Waals surface area contributed by atoms with E-state index in [1.54, 1.807) is 42.1 Å². The third-order valence-corrected chi connectivity index (χ3v) is 15.4. The summed E-state index contributed by atoms with van der Waals surface area (Å²) in [6.07, 6.45) is 7.87. The van der Waals surface area contributed by atoms with Crippen molar-refractivity contribution in [1.29, 1.82) is 0 Å². The largest absolute Gasteiger partial charge is 0.495 e. The minimum atomic E-state index is -0.944. The maximum atomic E-state index is 14.0. The predicted octanol–water partition coefficient (Wildman–Crippen LogP) is 6.61. The standard InChI is InChI=1S/C57H74N12O10S/c1-8-43-48-51(58-6)62-34-68(48)45-32-61-56(66-52(45)69(43)40-11-9-10-12-40)64-42-18-17-39(29-46(42)75-7)53(72)59-20-22-77-24-26-79-28-27-78-25-23-76-21-19-47(71)65-50(57(3,4)5)55(74)67-33-41(70)30-44(67)54(73)60-31-37-13-15-38(16-14-37)49-36(2)63-35-80-49/h13-18,29,32,34-35,40-41,43-44,50,70H,8-12,19-28,30-31,33H2,1-5,7H3,(H,59,72)(H,60,73)(H,65,71)(H,61,64,66)/t41-,43-,44+,50-/m1/s1. The first kappa shape index (κ1) is 59.1. The lowest BCUT2D eigenvalue weighted by Crippen LogP contribution is -2.57. The lowest BCUT2D eigenvalue weighted by molar-refractivity contribution is -0.144. The molecule has 2 aliphatic heterocycles. The number of rotatable bonds is 27. The van der Waals surface area contributed by atoms with Crippen LogP contribution in [0.2, 0.25) is 0 Å².